The van der Waals surface area contributed by atoms with Gasteiger partial charge in [0.25, 0.3) is 0 Å². The molecule has 0 spiro atoms. The Morgan fingerprint density at radius 3 is 2.71 bits per heavy atom. The predicted octanol–water partition coefficient (Wildman–Crippen LogP) is 3.40. The Balaban J connectivity index is 1.42. The Morgan fingerprint density at radius 1 is 1.18 bits per heavy atom. The van der Waals surface area contributed by atoms with Crippen LogP contribution >= 0.6 is 0 Å². The average molecular weight is 386 g/mol. The number of epoxide rings is 1. The first-order valence-corrected chi connectivity index (χ1v) is 10.8. The van der Waals surface area contributed by atoms with E-state index in [9.17, 15) is 14.4 Å². The summed E-state index contributed by atoms with van der Waals surface area (Å²) in [6, 6.07) is 0. The minimum atomic E-state index is -0.738. The zero-order valence-electron chi connectivity index (χ0n) is 17.1. The Kier molecular flexibility index (Phi) is 3.82. The van der Waals surface area contributed by atoms with Crippen molar-refractivity contribution in [3.05, 3.63) is 11.6 Å². The molecule has 0 bridgehead atoms. The summed E-state index contributed by atoms with van der Waals surface area (Å²) in [6.45, 7) is 5.78. The van der Waals surface area contributed by atoms with Gasteiger partial charge >= 0.3 is 5.97 Å². The summed E-state index contributed by atoms with van der Waals surface area (Å²) < 4.78 is 11.1. The third kappa shape index (κ3) is 2.20. The largest absolute Gasteiger partial charge is 0.458 e. The molecule has 7 atom stereocenters. The van der Waals surface area contributed by atoms with Crippen LogP contribution in [-0.4, -0.2) is 35.8 Å². The monoisotopic (exact) mass is 386 g/mol. The fraction of sp³-hybridized carbons (Fsp3) is 0.783. The molecule has 0 unspecified atom stereocenters. The second kappa shape index (κ2) is 5.78. The summed E-state index contributed by atoms with van der Waals surface area (Å²) in [5.74, 6) is 1.47. The third-order valence-corrected chi connectivity index (χ3v) is 9.21. The Morgan fingerprint density at radius 2 is 1.96 bits per heavy atom. The molecular formula is C23H30O5. The summed E-state index contributed by atoms with van der Waals surface area (Å²) in [5, 5.41) is 0. The number of esters is 1. The molecule has 4 fully saturated rings. The van der Waals surface area contributed by atoms with Gasteiger partial charge in [-0.2, -0.15) is 0 Å². The number of hydrogen-bond donors (Lipinski definition) is 0. The molecule has 152 valence electrons. The maximum Gasteiger partial charge on any atom is 0.303 e. The maximum absolute atomic E-state index is 13.0. The van der Waals surface area contributed by atoms with Crippen molar-refractivity contribution in [2.75, 3.05) is 6.61 Å². The third-order valence-electron chi connectivity index (χ3n) is 9.21. The molecule has 5 rings (SSSR count). The van der Waals surface area contributed by atoms with E-state index in [1.54, 1.807) is 0 Å². The number of rotatable bonds is 3. The maximum atomic E-state index is 13.0. The predicted molar refractivity (Wildman–Crippen MR) is 101 cm³/mol. The second-order valence-corrected chi connectivity index (χ2v) is 10.2. The number of carbonyl (C=O) groups excluding carboxylic acids is 3. The zero-order valence-corrected chi connectivity index (χ0v) is 17.1. The molecule has 3 saturated carbocycles. The van der Waals surface area contributed by atoms with Crippen LogP contribution in [0.3, 0.4) is 0 Å². The fourth-order valence-electron chi connectivity index (χ4n) is 7.75. The van der Waals surface area contributed by atoms with E-state index in [-0.39, 0.29) is 35.1 Å². The average Bonchev–Trinajstić information content (AvgIpc) is 3.32. The van der Waals surface area contributed by atoms with Crippen molar-refractivity contribution in [3.8, 4) is 0 Å². The lowest BCUT2D eigenvalue weighted by Crippen LogP contribution is -2.55. The summed E-state index contributed by atoms with van der Waals surface area (Å²) in [5.41, 5.74) is 0.602. The van der Waals surface area contributed by atoms with E-state index in [0.29, 0.717) is 24.2 Å². The van der Waals surface area contributed by atoms with Crippen molar-refractivity contribution in [1.29, 1.82) is 0 Å². The van der Waals surface area contributed by atoms with Gasteiger partial charge in [0.15, 0.2) is 18.0 Å². The summed E-state index contributed by atoms with van der Waals surface area (Å²) in [4.78, 5) is 36.2. The molecule has 4 aliphatic carbocycles. The summed E-state index contributed by atoms with van der Waals surface area (Å²) >= 11 is 0. The minimum absolute atomic E-state index is 0.0120. The van der Waals surface area contributed by atoms with Crippen LogP contribution in [0.1, 0.15) is 65.7 Å². The number of ether oxygens (including phenoxy) is 2. The van der Waals surface area contributed by atoms with E-state index in [0.717, 1.165) is 38.5 Å². The summed E-state index contributed by atoms with van der Waals surface area (Å²) in [7, 11) is 0. The quantitative estimate of drug-likeness (QED) is 0.549. The lowest BCUT2D eigenvalue weighted by Gasteiger charge is -2.58. The van der Waals surface area contributed by atoms with Gasteiger partial charge in [0.2, 0.25) is 5.78 Å². The number of allylic oxidation sites excluding steroid dienone is 1. The summed E-state index contributed by atoms with van der Waals surface area (Å²) in [6.07, 6.45) is 8.68. The molecule has 5 aliphatic rings. The smallest absolute Gasteiger partial charge is 0.303 e. The van der Waals surface area contributed by atoms with Gasteiger partial charge in [0, 0.05) is 18.8 Å². The first kappa shape index (κ1) is 18.5. The van der Waals surface area contributed by atoms with Crippen molar-refractivity contribution < 1.29 is 23.9 Å². The van der Waals surface area contributed by atoms with Crippen LogP contribution in [-0.2, 0) is 23.9 Å². The van der Waals surface area contributed by atoms with Gasteiger partial charge in [0.1, 0.15) is 0 Å². The highest BCUT2D eigenvalue weighted by Crippen LogP contribution is 2.73. The van der Waals surface area contributed by atoms with E-state index in [2.05, 4.69) is 13.8 Å². The molecule has 0 radical (unpaired) electrons. The van der Waals surface area contributed by atoms with Crippen LogP contribution in [0.5, 0.6) is 0 Å². The molecule has 0 amide bonds. The first-order chi connectivity index (χ1) is 13.2. The highest BCUT2D eigenvalue weighted by atomic mass is 16.6. The minimum Gasteiger partial charge on any atom is -0.458 e. The van der Waals surface area contributed by atoms with Gasteiger partial charge in [-0.1, -0.05) is 19.4 Å². The van der Waals surface area contributed by atoms with Gasteiger partial charge in [0.05, 0.1) is 6.10 Å². The Bertz CT molecular complexity index is 799. The molecule has 5 nitrogen and oxygen atoms in total. The van der Waals surface area contributed by atoms with Gasteiger partial charge < -0.3 is 9.47 Å². The second-order valence-electron chi connectivity index (χ2n) is 10.2. The lowest BCUT2D eigenvalue weighted by molar-refractivity contribution is -0.152. The van der Waals surface area contributed by atoms with Crippen LogP contribution < -0.4 is 0 Å². The molecule has 1 aliphatic heterocycles. The van der Waals surface area contributed by atoms with Gasteiger partial charge in [-0.25, -0.2) is 0 Å². The van der Waals surface area contributed by atoms with Gasteiger partial charge in [-0.15, -0.1) is 0 Å². The molecule has 28 heavy (non-hydrogen) atoms. The van der Waals surface area contributed by atoms with Gasteiger partial charge in [-0.3, -0.25) is 14.4 Å². The van der Waals surface area contributed by atoms with Crippen LogP contribution in [0.2, 0.25) is 0 Å². The Labute approximate surface area is 166 Å². The van der Waals surface area contributed by atoms with Crippen molar-refractivity contribution in [1.82, 2.24) is 0 Å². The Hall–Kier alpha value is -1.49. The van der Waals surface area contributed by atoms with E-state index in [4.69, 9.17) is 9.47 Å². The van der Waals surface area contributed by atoms with Crippen LogP contribution in [0.25, 0.3) is 0 Å². The molecule has 0 aromatic carbocycles. The standard InChI is InChI=1S/C23H30O5/c1-13(24)27-12-19(26)23-20(28-23)11-18-16-5-4-14-10-15(25)6-8-21(14,2)17(16)7-9-22(18,23)3/h10,16-18,20H,4-9,11-12H2,1-3H3/t16-,17+,18+,20+,21-,22-,23-/m0/s1. The fourth-order valence-corrected chi connectivity index (χ4v) is 7.75. The van der Waals surface area contributed by atoms with Crippen molar-refractivity contribution in [2.24, 2.45) is 28.6 Å². The van der Waals surface area contributed by atoms with E-state index in [1.165, 1.54) is 12.5 Å². The van der Waals surface area contributed by atoms with Crippen LogP contribution in [0.15, 0.2) is 11.6 Å². The zero-order chi connectivity index (χ0) is 19.9. The number of carbonyl (C=O) groups is 3. The van der Waals surface area contributed by atoms with Crippen LogP contribution in [0, 0.1) is 28.6 Å². The topological polar surface area (TPSA) is 73.0 Å². The lowest BCUT2D eigenvalue weighted by atomic mass is 9.46. The van der Waals surface area contributed by atoms with Crippen molar-refractivity contribution >= 4 is 17.5 Å². The molecule has 1 heterocycles. The molecule has 0 aromatic rings. The van der Waals surface area contributed by atoms with E-state index >= 15 is 0 Å². The van der Waals surface area contributed by atoms with Crippen molar-refractivity contribution in [2.45, 2.75) is 77.4 Å². The number of fused-ring (bicyclic) bond motifs is 7. The van der Waals surface area contributed by atoms with Crippen LogP contribution in [0.4, 0.5) is 0 Å². The highest BCUT2D eigenvalue weighted by molar-refractivity contribution is 5.94. The highest BCUT2D eigenvalue weighted by Gasteiger charge is 2.80. The first-order valence-electron chi connectivity index (χ1n) is 10.8. The van der Waals surface area contributed by atoms with E-state index in [1.807, 2.05) is 6.08 Å². The number of ketones is 2. The molecule has 0 aromatic heterocycles. The molecule has 1 saturated heterocycles. The van der Waals surface area contributed by atoms with E-state index < -0.39 is 11.6 Å². The molecule has 0 N–H and O–H groups in total. The number of hydrogen-bond acceptors (Lipinski definition) is 5. The number of Topliss-reactive ketones (excluding diaryl/α,β-unsaturated/α-hetero) is 1. The SMILES string of the molecule is CC(=O)OCC(=O)[C@]12O[C@@H]1C[C@@H]1[C@H]3CCC4=CC(=O)CC[C@]4(C)[C@@H]3CC[C@@]12C. The molecule has 5 heteroatoms. The molecular weight excluding hydrogens is 356 g/mol. The normalized spacial score (nSPS) is 48.5. The van der Waals surface area contributed by atoms with Crippen molar-refractivity contribution in [3.63, 3.8) is 0 Å². The van der Waals surface area contributed by atoms with Gasteiger partial charge in [-0.05, 0) is 67.8 Å².